The van der Waals surface area contributed by atoms with Crippen molar-refractivity contribution in [2.24, 2.45) is 5.73 Å². The van der Waals surface area contributed by atoms with Gasteiger partial charge in [0.15, 0.2) is 0 Å². The van der Waals surface area contributed by atoms with Gasteiger partial charge < -0.3 is 10.5 Å². The molecule has 0 aromatic heterocycles. The Kier molecular flexibility index (Phi) is 5.95. The van der Waals surface area contributed by atoms with Crippen LogP contribution >= 0.6 is 11.8 Å². The van der Waals surface area contributed by atoms with E-state index < -0.39 is 12.7 Å². The summed E-state index contributed by atoms with van der Waals surface area (Å²) in [6.07, 6.45) is -0.377. The summed E-state index contributed by atoms with van der Waals surface area (Å²) >= 11 is 1.79. The fraction of sp³-hybridized carbons (Fsp3) is 0.538. The summed E-state index contributed by atoms with van der Waals surface area (Å²) in [6.45, 7) is 3.71. The van der Waals surface area contributed by atoms with E-state index in [-0.39, 0.29) is 6.10 Å². The molecule has 2 nitrogen and oxygen atoms in total. The number of methoxy groups -OCH3 is 1. The van der Waals surface area contributed by atoms with Gasteiger partial charge >= 0.3 is 0 Å². The molecule has 0 aliphatic rings. The Hall–Kier alpha value is -0.580. The Labute approximate surface area is 107 Å². The lowest BCUT2D eigenvalue weighted by Crippen LogP contribution is -2.31. The van der Waals surface area contributed by atoms with Gasteiger partial charge in [0.25, 0.3) is 0 Å². The molecule has 0 saturated carbocycles. The van der Waals surface area contributed by atoms with Crippen LogP contribution in [0.1, 0.15) is 25.5 Å². The van der Waals surface area contributed by atoms with Crippen molar-refractivity contribution in [3.8, 4) is 0 Å². The summed E-state index contributed by atoms with van der Waals surface area (Å²) in [5, 5.41) is 0.548. The normalized spacial score (nSPS) is 14.9. The van der Waals surface area contributed by atoms with Gasteiger partial charge in [-0.2, -0.15) is 0 Å². The van der Waals surface area contributed by atoms with E-state index in [0.717, 1.165) is 5.56 Å². The first-order chi connectivity index (χ1) is 8.08. The molecule has 0 bridgehead atoms. The fourth-order valence-corrected chi connectivity index (χ4v) is 2.48. The molecule has 1 aromatic rings. The Morgan fingerprint density at radius 1 is 1.29 bits per heavy atom. The van der Waals surface area contributed by atoms with Crippen molar-refractivity contribution in [1.29, 1.82) is 0 Å². The van der Waals surface area contributed by atoms with Gasteiger partial charge in [-0.3, -0.25) is 0 Å². The predicted molar refractivity (Wildman–Crippen MR) is 71.1 cm³/mol. The summed E-state index contributed by atoms with van der Waals surface area (Å²) in [5.41, 5.74) is 6.60. The van der Waals surface area contributed by atoms with Gasteiger partial charge in [0, 0.05) is 17.3 Å². The Balaban J connectivity index is 2.77. The molecule has 0 radical (unpaired) electrons. The quantitative estimate of drug-likeness (QED) is 0.795. The van der Waals surface area contributed by atoms with Crippen molar-refractivity contribution in [3.63, 3.8) is 0 Å². The van der Waals surface area contributed by atoms with Crippen molar-refractivity contribution in [3.05, 3.63) is 29.8 Å². The molecule has 0 spiro atoms. The lowest BCUT2D eigenvalue weighted by Gasteiger charge is -2.20. The van der Waals surface area contributed by atoms with E-state index in [2.05, 4.69) is 13.8 Å². The first-order valence-corrected chi connectivity index (χ1v) is 6.57. The topological polar surface area (TPSA) is 35.2 Å². The zero-order chi connectivity index (χ0) is 12.8. The van der Waals surface area contributed by atoms with Crippen LogP contribution in [-0.4, -0.2) is 25.1 Å². The Morgan fingerprint density at radius 2 is 1.88 bits per heavy atom. The van der Waals surface area contributed by atoms with Crippen molar-refractivity contribution >= 4 is 11.8 Å². The number of halogens is 1. The van der Waals surface area contributed by atoms with Crippen molar-refractivity contribution in [2.45, 2.75) is 36.1 Å². The second-order valence-electron chi connectivity index (χ2n) is 4.21. The maximum absolute atomic E-state index is 12.6. The van der Waals surface area contributed by atoms with Gasteiger partial charge in [-0.15, -0.1) is 11.8 Å². The van der Waals surface area contributed by atoms with Gasteiger partial charge in [-0.05, 0) is 17.7 Å². The van der Waals surface area contributed by atoms with E-state index in [1.807, 2.05) is 24.3 Å². The van der Waals surface area contributed by atoms with E-state index in [4.69, 9.17) is 10.5 Å². The standard InChI is InChI=1S/C13H20FNOS/c1-9(2)17-11-6-4-10(5-7-11)13(16-3)12(15)8-14/h4-7,9,12-13H,8,15H2,1-3H3. The molecule has 0 aliphatic heterocycles. The smallest absolute Gasteiger partial charge is 0.107 e. The maximum atomic E-state index is 12.6. The second kappa shape index (κ2) is 6.99. The average Bonchev–Trinajstić information content (AvgIpc) is 2.31. The lowest BCUT2D eigenvalue weighted by atomic mass is 10.0. The zero-order valence-electron chi connectivity index (χ0n) is 10.5. The van der Waals surface area contributed by atoms with Crippen LogP contribution in [0.4, 0.5) is 4.39 Å². The monoisotopic (exact) mass is 257 g/mol. The van der Waals surface area contributed by atoms with Crippen molar-refractivity contribution in [2.75, 3.05) is 13.8 Å². The van der Waals surface area contributed by atoms with E-state index in [1.54, 1.807) is 18.9 Å². The zero-order valence-corrected chi connectivity index (χ0v) is 11.3. The van der Waals surface area contributed by atoms with Crippen molar-refractivity contribution < 1.29 is 9.13 Å². The number of hydrogen-bond acceptors (Lipinski definition) is 3. The minimum absolute atomic E-state index is 0.377. The van der Waals surface area contributed by atoms with Gasteiger partial charge in [0.05, 0.1) is 12.1 Å². The van der Waals surface area contributed by atoms with Crippen LogP contribution in [0.25, 0.3) is 0 Å². The molecule has 0 amide bonds. The van der Waals surface area contributed by atoms with Gasteiger partial charge in [0.2, 0.25) is 0 Å². The summed E-state index contributed by atoms with van der Waals surface area (Å²) in [4.78, 5) is 1.20. The SMILES string of the molecule is COC(c1ccc(SC(C)C)cc1)C(N)CF. The Bertz CT molecular complexity index is 329. The Morgan fingerprint density at radius 3 is 2.29 bits per heavy atom. The number of ether oxygens (including phenoxy) is 1. The van der Waals surface area contributed by atoms with Gasteiger partial charge in [-0.25, -0.2) is 4.39 Å². The number of thioether (sulfide) groups is 1. The molecule has 1 aromatic carbocycles. The lowest BCUT2D eigenvalue weighted by molar-refractivity contribution is 0.0720. The van der Waals surface area contributed by atoms with Crippen molar-refractivity contribution in [1.82, 2.24) is 0 Å². The highest BCUT2D eigenvalue weighted by Gasteiger charge is 2.19. The highest BCUT2D eigenvalue weighted by molar-refractivity contribution is 7.99. The summed E-state index contributed by atoms with van der Waals surface area (Å²) in [7, 11) is 1.55. The molecule has 17 heavy (non-hydrogen) atoms. The van der Waals surface area contributed by atoms with Crippen LogP contribution in [0.3, 0.4) is 0 Å². The highest BCUT2D eigenvalue weighted by Crippen LogP contribution is 2.26. The van der Waals surface area contributed by atoms with Gasteiger partial charge in [-0.1, -0.05) is 26.0 Å². The van der Waals surface area contributed by atoms with Crippen LogP contribution in [0.15, 0.2) is 29.2 Å². The number of rotatable bonds is 6. The van der Waals surface area contributed by atoms with Crippen LogP contribution in [0.5, 0.6) is 0 Å². The number of nitrogens with two attached hydrogens (primary N) is 1. The molecular weight excluding hydrogens is 237 g/mol. The molecule has 0 aliphatic carbocycles. The molecular formula is C13H20FNOS. The number of hydrogen-bond donors (Lipinski definition) is 1. The maximum Gasteiger partial charge on any atom is 0.107 e. The number of benzene rings is 1. The molecule has 0 fully saturated rings. The van der Waals surface area contributed by atoms with Crippen LogP contribution in [0.2, 0.25) is 0 Å². The predicted octanol–water partition coefficient (Wildman–Crippen LogP) is 3.17. The molecule has 96 valence electrons. The molecule has 0 saturated heterocycles. The highest BCUT2D eigenvalue weighted by atomic mass is 32.2. The van der Waals surface area contributed by atoms with Crippen LogP contribution < -0.4 is 5.73 Å². The first-order valence-electron chi connectivity index (χ1n) is 5.69. The number of alkyl halides is 1. The first kappa shape index (κ1) is 14.5. The summed E-state index contributed by atoms with van der Waals surface area (Å²) in [5.74, 6) is 0. The van der Waals surface area contributed by atoms with E-state index in [0.29, 0.717) is 5.25 Å². The molecule has 2 N–H and O–H groups in total. The third-order valence-corrected chi connectivity index (χ3v) is 3.42. The molecule has 4 heteroatoms. The minimum Gasteiger partial charge on any atom is -0.375 e. The molecule has 2 unspecified atom stereocenters. The third kappa shape index (κ3) is 4.30. The third-order valence-electron chi connectivity index (χ3n) is 2.40. The minimum atomic E-state index is -0.608. The van der Waals surface area contributed by atoms with E-state index >= 15 is 0 Å². The molecule has 1 rings (SSSR count). The molecule has 0 heterocycles. The average molecular weight is 257 g/mol. The second-order valence-corrected chi connectivity index (χ2v) is 5.86. The van der Waals surface area contributed by atoms with Crippen LogP contribution in [-0.2, 0) is 4.74 Å². The van der Waals surface area contributed by atoms with Crippen LogP contribution in [0, 0.1) is 0 Å². The van der Waals surface area contributed by atoms with E-state index in [9.17, 15) is 4.39 Å². The summed E-state index contributed by atoms with van der Waals surface area (Å²) < 4.78 is 17.8. The fourth-order valence-electron chi connectivity index (χ4n) is 1.65. The summed E-state index contributed by atoms with van der Waals surface area (Å²) in [6, 6.07) is 7.35. The van der Waals surface area contributed by atoms with E-state index in [1.165, 1.54) is 4.90 Å². The van der Waals surface area contributed by atoms with Gasteiger partial charge in [0.1, 0.15) is 6.67 Å². The largest absolute Gasteiger partial charge is 0.375 e. The molecule has 2 atom stereocenters.